The SMILES string of the molecule is C=CCCc1cc(CCCOCc2ccccc2)cc(CCCOCc2ccccc2)c1. The maximum Gasteiger partial charge on any atom is 0.0716 e. The van der Waals surface area contributed by atoms with E-state index in [0.717, 1.165) is 51.7 Å². The molecule has 3 rings (SSSR count). The molecule has 0 heterocycles. The lowest BCUT2D eigenvalue weighted by Gasteiger charge is -2.11. The molecule has 2 heteroatoms. The molecule has 0 atom stereocenters. The Balaban J connectivity index is 1.43. The van der Waals surface area contributed by atoms with Gasteiger partial charge >= 0.3 is 0 Å². The van der Waals surface area contributed by atoms with Crippen LogP contribution in [0.25, 0.3) is 0 Å². The van der Waals surface area contributed by atoms with Crippen LogP contribution in [0.2, 0.25) is 0 Å². The summed E-state index contributed by atoms with van der Waals surface area (Å²) in [6.45, 7) is 6.83. The van der Waals surface area contributed by atoms with E-state index in [-0.39, 0.29) is 0 Å². The lowest BCUT2D eigenvalue weighted by atomic mass is 9.97. The van der Waals surface area contributed by atoms with E-state index in [1.165, 1.54) is 27.8 Å². The lowest BCUT2D eigenvalue weighted by molar-refractivity contribution is 0.118. The van der Waals surface area contributed by atoms with Crippen molar-refractivity contribution in [2.24, 2.45) is 0 Å². The Kier molecular flexibility index (Phi) is 10.8. The van der Waals surface area contributed by atoms with Gasteiger partial charge < -0.3 is 9.47 Å². The number of hydrogen-bond acceptors (Lipinski definition) is 2. The Bertz CT molecular complexity index is 835. The summed E-state index contributed by atoms with van der Waals surface area (Å²) in [6.07, 6.45) is 8.25. The number of benzene rings is 3. The van der Waals surface area contributed by atoms with E-state index in [9.17, 15) is 0 Å². The maximum atomic E-state index is 5.87. The molecule has 3 aromatic carbocycles. The van der Waals surface area contributed by atoms with Crippen molar-refractivity contribution in [2.45, 2.75) is 51.7 Å². The van der Waals surface area contributed by atoms with Crippen LogP contribution in [-0.2, 0) is 41.9 Å². The second-order valence-electron chi connectivity index (χ2n) is 8.27. The fourth-order valence-electron chi connectivity index (χ4n) is 3.83. The van der Waals surface area contributed by atoms with Gasteiger partial charge in [0, 0.05) is 13.2 Å². The van der Waals surface area contributed by atoms with Crippen LogP contribution in [0, 0.1) is 0 Å². The Hall–Kier alpha value is -2.68. The van der Waals surface area contributed by atoms with Gasteiger partial charge in [-0.3, -0.25) is 0 Å². The Morgan fingerprint density at radius 3 is 1.44 bits per heavy atom. The number of allylic oxidation sites excluding steroid dienone is 1. The summed E-state index contributed by atoms with van der Waals surface area (Å²) in [5.74, 6) is 0. The molecule has 32 heavy (non-hydrogen) atoms. The molecular weight excluding hydrogens is 392 g/mol. The first-order valence-electron chi connectivity index (χ1n) is 11.8. The van der Waals surface area contributed by atoms with Crippen molar-refractivity contribution < 1.29 is 9.47 Å². The highest BCUT2D eigenvalue weighted by Crippen LogP contribution is 2.16. The lowest BCUT2D eigenvalue weighted by Crippen LogP contribution is -2.01. The number of ether oxygens (including phenoxy) is 2. The van der Waals surface area contributed by atoms with Gasteiger partial charge in [-0.05, 0) is 66.3 Å². The molecule has 0 saturated carbocycles. The van der Waals surface area contributed by atoms with Crippen LogP contribution in [0.3, 0.4) is 0 Å². The van der Waals surface area contributed by atoms with Gasteiger partial charge in [0.15, 0.2) is 0 Å². The summed E-state index contributed by atoms with van der Waals surface area (Å²) < 4.78 is 11.7. The molecule has 0 N–H and O–H groups in total. The van der Waals surface area contributed by atoms with E-state index in [2.05, 4.69) is 73.3 Å². The monoisotopic (exact) mass is 428 g/mol. The topological polar surface area (TPSA) is 18.5 Å². The molecule has 0 radical (unpaired) electrons. The first kappa shape index (κ1) is 24.0. The van der Waals surface area contributed by atoms with Crippen molar-refractivity contribution in [1.29, 1.82) is 0 Å². The molecule has 168 valence electrons. The first-order valence-corrected chi connectivity index (χ1v) is 11.8. The van der Waals surface area contributed by atoms with Crippen LogP contribution in [0.1, 0.15) is 47.1 Å². The summed E-state index contributed by atoms with van der Waals surface area (Å²) >= 11 is 0. The van der Waals surface area contributed by atoms with Crippen molar-refractivity contribution in [3.8, 4) is 0 Å². The van der Waals surface area contributed by atoms with E-state index >= 15 is 0 Å². The fourth-order valence-corrected chi connectivity index (χ4v) is 3.83. The van der Waals surface area contributed by atoms with Gasteiger partial charge in [-0.25, -0.2) is 0 Å². The Morgan fingerprint density at radius 1 is 0.562 bits per heavy atom. The third kappa shape index (κ3) is 9.21. The predicted molar refractivity (Wildman–Crippen MR) is 134 cm³/mol. The van der Waals surface area contributed by atoms with Gasteiger partial charge in [0.1, 0.15) is 0 Å². The predicted octanol–water partition coefficient (Wildman–Crippen LogP) is 7.10. The molecule has 0 aliphatic heterocycles. The van der Waals surface area contributed by atoms with Gasteiger partial charge in [-0.1, -0.05) is 84.9 Å². The van der Waals surface area contributed by atoms with Crippen LogP contribution < -0.4 is 0 Å². The molecule has 0 fully saturated rings. The minimum absolute atomic E-state index is 0.689. The molecule has 0 aliphatic carbocycles. The first-order chi connectivity index (χ1) is 15.8. The average molecular weight is 429 g/mol. The number of rotatable bonds is 15. The van der Waals surface area contributed by atoms with E-state index in [1.54, 1.807) is 0 Å². The highest BCUT2D eigenvalue weighted by molar-refractivity contribution is 5.31. The molecule has 0 spiro atoms. The van der Waals surface area contributed by atoms with Crippen LogP contribution >= 0.6 is 0 Å². The molecule has 0 unspecified atom stereocenters. The zero-order chi connectivity index (χ0) is 22.3. The van der Waals surface area contributed by atoms with Gasteiger partial charge in [-0.15, -0.1) is 6.58 Å². The molecular formula is C30H36O2. The maximum absolute atomic E-state index is 5.87. The Morgan fingerprint density at radius 2 is 1.00 bits per heavy atom. The highest BCUT2D eigenvalue weighted by Gasteiger charge is 2.03. The van der Waals surface area contributed by atoms with E-state index in [0.29, 0.717) is 13.2 Å². The summed E-state index contributed by atoms with van der Waals surface area (Å²) in [4.78, 5) is 0. The molecule has 0 bridgehead atoms. The standard InChI is InChI=1S/C30H36O2/c1-2-3-12-28-21-29(17-10-19-31-24-26-13-6-4-7-14-26)23-30(22-28)18-11-20-32-25-27-15-8-5-9-16-27/h2,4-9,13-16,21-23H,1,3,10-12,17-20,24-25H2. The van der Waals surface area contributed by atoms with Gasteiger partial charge in [0.25, 0.3) is 0 Å². The fraction of sp³-hybridized carbons (Fsp3) is 0.333. The number of aryl methyl sites for hydroxylation is 3. The highest BCUT2D eigenvalue weighted by atomic mass is 16.5. The van der Waals surface area contributed by atoms with Gasteiger partial charge in [0.2, 0.25) is 0 Å². The largest absolute Gasteiger partial charge is 0.377 e. The van der Waals surface area contributed by atoms with Crippen LogP contribution in [0.15, 0.2) is 91.5 Å². The van der Waals surface area contributed by atoms with Crippen molar-refractivity contribution in [3.63, 3.8) is 0 Å². The summed E-state index contributed by atoms with van der Waals surface area (Å²) in [6, 6.07) is 27.8. The molecule has 0 amide bonds. The summed E-state index contributed by atoms with van der Waals surface area (Å²) in [5, 5.41) is 0. The molecule has 3 aromatic rings. The van der Waals surface area contributed by atoms with E-state index < -0.39 is 0 Å². The van der Waals surface area contributed by atoms with Crippen LogP contribution in [0.4, 0.5) is 0 Å². The summed E-state index contributed by atoms with van der Waals surface area (Å²) in [5.41, 5.74) is 6.70. The third-order valence-corrected chi connectivity index (χ3v) is 5.48. The number of hydrogen-bond donors (Lipinski definition) is 0. The van der Waals surface area contributed by atoms with Gasteiger partial charge in [-0.2, -0.15) is 0 Å². The van der Waals surface area contributed by atoms with Crippen molar-refractivity contribution >= 4 is 0 Å². The molecule has 0 saturated heterocycles. The minimum atomic E-state index is 0.689. The smallest absolute Gasteiger partial charge is 0.0716 e. The van der Waals surface area contributed by atoms with Gasteiger partial charge in [0.05, 0.1) is 13.2 Å². The van der Waals surface area contributed by atoms with Crippen LogP contribution in [0.5, 0.6) is 0 Å². The van der Waals surface area contributed by atoms with E-state index in [1.807, 2.05) is 18.2 Å². The van der Waals surface area contributed by atoms with E-state index in [4.69, 9.17) is 9.47 Å². The minimum Gasteiger partial charge on any atom is -0.377 e. The average Bonchev–Trinajstić information content (AvgIpc) is 2.83. The summed E-state index contributed by atoms with van der Waals surface area (Å²) in [7, 11) is 0. The zero-order valence-electron chi connectivity index (χ0n) is 19.2. The molecule has 0 aliphatic rings. The quantitative estimate of drug-likeness (QED) is 0.190. The van der Waals surface area contributed by atoms with Crippen LogP contribution in [-0.4, -0.2) is 13.2 Å². The second kappa shape index (κ2) is 14.4. The van der Waals surface area contributed by atoms with Crippen molar-refractivity contribution in [1.82, 2.24) is 0 Å². The molecule has 2 nitrogen and oxygen atoms in total. The Labute approximate surface area is 193 Å². The van der Waals surface area contributed by atoms with Crippen molar-refractivity contribution in [3.05, 3.63) is 119 Å². The molecule has 0 aromatic heterocycles. The zero-order valence-corrected chi connectivity index (χ0v) is 19.2. The normalized spacial score (nSPS) is 10.9. The third-order valence-electron chi connectivity index (χ3n) is 5.48. The van der Waals surface area contributed by atoms with Crippen molar-refractivity contribution in [2.75, 3.05) is 13.2 Å². The second-order valence-corrected chi connectivity index (χ2v) is 8.27.